The molecule has 3 nitrogen and oxygen atoms in total. The summed E-state index contributed by atoms with van der Waals surface area (Å²) in [6.45, 7) is 3.52. The molecule has 0 saturated heterocycles. The summed E-state index contributed by atoms with van der Waals surface area (Å²) in [6, 6.07) is 0. The molecular weight excluding hydrogens is 284 g/mol. The highest BCUT2D eigenvalue weighted by molar-refractivity contribution is 6.67. The highest BCUT2D eigenvalue weighted by Crippen LogP contribution is 2.40. The fourth-order valence-corrected chi connectivity index (χ4v) is 2.05. The minimum absolute atomic E-state index is 0.0540. The van der Waals surface area contributed by atoms with Gasteiger partial charge >= 0.3 is 0 Å². The van der Waals surface area contributed by atoms with Gasteiger partial charge in [0.15, 0.2) is 3.79 Å². The third kappa shape index (κ3) is 6.69. The predicted octanol–water partition coefficient (Wildman–Crippen LogP) is 3.28. The summed E-state index contributed by atoms with van der Waals surface area (Å²) in [5.41, 5.74) is 0.971. The zero-order valence-corrected chi connectivity index (χ0v) is 11.4. The van der Waals surface area contributed by atoms with Crippen molar-refractivity contribution in [2.75, 3.05) is 0 Å². The fourth-order valence-electron chi connectivity index (χ4n) is 1.04. The molecule has 1 atom stereocenters. The van der Waals surface area contributed by atoms with Crippen molar-refractivity contribution in [2.24, 2.45) is 5.41 Å². The molecule has 2 N–H and O–H groups in total. The molecule has 0 spiro atoms. The topological polar surface area (TPSA) is 49.3 Å². The van der Waals surface area contributed by atoms with Gasteiger partial charge in [0.05, 0.1) is 0 Å². The first-order valence-electron chi connectivity index (χ1n) is 4.22. The van der Waals surface area contributed by atoms with Crippen molar-refractivity contribution in [1.82, 2.24) is 5.48 Å². The van der Waals surface area contributed by atoms with E-state index in [4.69, 9.17) is 51.6 Å². The second kappa shape index (κ2) is 5.78. The van der Waals surface area contributed by atoms with Gasteiger partial charge in [0.2, 0.25) is 5.91 Å². The van der Waals surface area contributed by atoms with Crippen LogP contribution in [0.4, 0.5) is 0 Å². The summed E-state index contributed by atoms with van der Waals surface area (Å²) in [5.74, 6) is -0.519. The first kappa shape index (κ1) is 15.6. The second-order valence-electron chi connectivity index (χ2n) is 3.99. The first-order valence-corrected chi connectivity index (χ1v) is 5.79. The lowest BCUT2D eigenvalue weighted by Gasteiger charge is -2.31. The molecule has 0 heterocycles. The van der Waals surface area contributed by atoms with Crippen molar-refractivity contribution in [2.45, 2.75) is 35.9 Å². The fraction of sp³-hybridized carbons (Fsp3) is 0.875. The van der Waals surface area contributed by atoms with Crippen LogP contribution in [-0.2, 0) is 4.79 Å². The highest BCUT2D eigenvalue weighted by atomic mass is 35.6. The van der Waals surface area contributed by atoms with Crippen molar-refractivity contribution >= 4 is 52.3 Å². The van der Waals surface area contributed by atoms with Gasteiger partial charge in [0, 0.05) is 18.2 Å². The van der Waals surface area contributed by atoms with E-state index >= 15 is 0 Å². The maximum absolute atomic E-state index is 11.0. The van der Waals surface area contributed by atoms with Gasteiger partial charge in [0.25, 0.3) is 0 Å². The van der Waals surface area contributed by atoms with E-state index in [0.717, 1.165) is 0 Å². The number of carbonyl (C=O) groups is 1. The Labute approximate surface area is 109 Å². The third-order valence-electron chi connectivity index (χ3n) is 2.00. The Bertz CT molecular complexity index is 227. The van der Waals surface area contributed by atoms with E-state index in [0.29, 0.717) is 0 Å². The molecule has 0 saturated carbocycles. The summed E-state index contributed by atoms with van der Waals surface area (Å²) in [6.07, 6.45) is 0.184. The van der Waals surface area contributed by atoms with Crippen LogP contribution in [0.5, 0.6) is 0 Å². The largest absolute Gasteiger partial charge is 0.289 e. The van der Waals surface area contributed by atoms with Crippen LogP contribution >= 0.6 is 46.4 Å². The molecule has 0 aromatic rings. The maximum atomic E-state index is 11.0. The van der Waals surface area contributed by atoms with E-state index in [1.807, 2.05) is 0 Å². The quantitative estimate of drug-likeness (QED) is 0.475. The van der Waals surface area contributed by atoms with Gasteiger partial charge < -0.3 is 0 Å². The monoisotopic (exact) mass is 295 g/mol. The number of rotatable bonds is 4. The second-order valence-corrected chi connectivity index (χ2v) is 7.03. The average molecular weight is 297 g/mol. The molecule has 0 aliphatic rings. The van der Waals surface area contributed by atoms with Crippen LogP contribution < -0.4 is 5.48 Å². The number of alkyl halides is 4. The number of nitrogens with one attached hydrogen (secondary N) is 1. The minimum atomic E-state index is -1.45. The van der Waals surface area contributed by atoms with Crippen LogP contribution in [0.15, 0.2) is 0 Å². The van der Waals surface area contributed by atoms with Crippen LogP contribution in [0.1, 0.15) is 26.7 Å². The number of carbonyl (C=O) groups excluding carboxylic acids is 1. The lowest BCUT2D eigenvalue weighted by molar-refractivity contribution is -0.131. The van der Waals surface area contributed by atoms with Gasteiger partial charge in [-0.1, -0.05) is 48.7 Å². The predicted molar refractivity (Wildman–Crippen MR) is 62.9 cm³/mol. The Morgan fingerprint density at radius 1 is 1.40 bits per heavy atom. The molecule has 1 amide bonds. The van der Waals surface area contributed by atoms with Crippen LogP contribution in [0.2, 0.25) is 0 Å². The third-order valence-corrected chi connectivity index (χ3v) is 3.21. The molecule has 0 fully saturated rings. The molecule has 0 rings (SSSR count). The van der Waals surface area contributed by atoms with Gasteiger partial charge in [-0.25, -0.2) is 5.48 Å². The molecule has 90 valence electrons. The van der Waals surface area contributed by atoms with E-state index in [1.54, 1.807) is 19.3 Å². The molecule has 1 unspecified atom stereocenters. The van der Waals surface area contributed by atoms with E-state index in [2.05, 4.69) is 0 Å². The molecule has 0 bridgehead atoms. The number of hydrogen-bond acceptors (Lipinski definition) is 2. The summed E-state index contributed by atoms with van der Waals surface area (Å²) < 4.78 is -1.45. The number of hydrogen-bond donors (Lipinski definition) is 2. The standard InChI is InChI=1S/C8H13Cl4NO2/c1-7(2,4-6(14)13-15)5(9)3-8(10,11)12/h5,15H,3-4H2,1-2H3,(H,13,14). The van der Waals surface area contributed by atoms with Crippen molar-refractivity contribution in [3.8, 4) is 0 Å². The van der Waals surface area contributed by atoms with Crippen molar-refractivity contribution in [1.29, 1.82) is 0 Å². The summed E-state index contributed by atoms with van der Waals surface area (Å²) >= 11 is 22.8. The lowest BCUT2D eigenvalue weighted by Crippen LogP contribution is -2.34. The lowest BCUT2D eigenvalue weighted by atomic mass is 9.84. The Morgan fingerprint density at radius 2 is 1.87 bits per heavy atom. The van der Waals surface area contributed by atoms with Crippen LogP contribution in [0.3, 0.4) is 0 Å². The smallest absolute Gasteiger partial charge is 0.243 e. The van der Waals surface area contributed by atoms with Gasteiger partial charge in [-0.05, 0) is 5.41 Å². The number of amides is 1. The molecule has 15 heavy (non-hydrogen) atoms. The molecule has 0 aliphatic heterocycles. The summed E-state index contributed by atoms with van der Waals surface area (Å²) in [5, 5.41) is 7.91. The SMILES string of the molecule is CC(C)(CC(=O)NO)C(Cl)CC(Cl)(Cl)Cl. The molecule has 0 aromatic carbocycles. The normalized spacial score (nSPS) is 14.9. The van der Waals surface area contributed by atoms with E-state index in [1.165, 1.54) is 0 Å². The van der Waals surface area contributed by atoms with Gasteiger partial charge in [-0.3, -0.25) is 10.0 Å². The molecule has 7 heteroatoms. The van der Waals surface area contributed by atoms with E-state index in [9.17, 15) is 4.79 Å². The molecule has 0 aliphatic carbocycles. The van der Waals surface area contributed by atoms with E-state index in [-0.39, 0.29) is 12.8 Å². The van der Waals surface area contributed by atoms with Gasteiger partial charge in [-0.2, -0.15) is 0 Å². The van der Waals surface area contributed by atoms with E-state index < -0.39 is 20.5 Å². The highest BCUT2D eigenvalue weighted by Gasteiger charge is 2.35. The van der Waals surface area contributed by atoms with Gasteiger partial charge in [-0.15, -0.1) is 11.6 Å². The molecule has 0 aromatic heterocycles. The number of hydroxylamine groups is 1. The first-order chi connectivity index (χ1) is 6.58. The number of halogens is 4. The van der Waals surface area contributed by atoms with Crippen molar-refractivity contribution in [3.05, 3.63) is 0 Å². The van der Waals surface area contributed by atoms with Crippen molar-refractivity contribution in [3.63, 3.8) is 0 Å². The summed E-state index contributed by atoms with van der Waals surface area (Å²) in [4.78, 5) is 11.0. The zero-order chi connectivity index (χ0) is 12.3. The molecular formula is C8H13Cl4NO2. The average Bonchev–Trinajstić information content (AvgIpc) is 2.00. The van der Waals surface area contributed by atoms with Crippen molar-refractivity contribution < 1.29 is 10.0 Å². The Kier molecular flexibility index (Phi) is 6.01. The zero-order valence-electron chi connectivity index (χ0n) is 8.36. The van der Waals surface area contributed by atoms with Gasteiger partial charge in [0.1, 0.15) is 0 Å². The van der Waals surface area contributed by atoms with Crippen LogP contribution in [-0.4, -0.2) is 20.3 Å². The Balaban J connectivity index is 4.38. The minimum Gasteiger partial charge on any atom is -0.289 e. The maximum Gasteiger partial charge on any atom is 0.243 e. The Hall–Kier alpha value is 0.590. The summed E-state index contributed by atoms with van der Waals surface area (Å²) in [7, 11) is 0. The molecule has 0 radical (unpaired) electrons. The Morgan fingerprint density at radius 3 is 2.20 bits per heavy atom. The van der Waals surface area contributed by atoms with Crippen LogP contribution in [0.25, 0.3) is 0 Å². The van der Waals surface area contributed by atoms with Crippen LogP contribution in [0, 0.1) is 5.41 Å².